The first-order valence-corrected chi connectivity index (χ1v) is 9.64. The first-order valence-electron chi connectivity index (χ1n) is 9.23. The molecule has 1 aliphatic rings. The summed E-state index contributed by atoms with van der Waals surface area (Å²) in [6.45, 7) is 2.39. The number of methoxy groups -OCH3 is 2. The van der Waals surface area contributed by atoms with Gasteiger partial charge in [-0.1, -0.05) is 30.3 Å². The molecule has 2 aromatic rings. The normalized spacial score (nSPS) is 16.4. The van der Waals surface area contributed by atoms with Crippen molar-refractivity contribution in [2.45, 2.75) is 13.0 Å². The number of rotatable bonds is 7. The van der Waals surface area contributed by atoms with E-state index in [0.29, 0.717) is 17.3 Å². The zero-order valence-corrected chi connectivity index (χ0v) is 17.5. The fraction of sp³-hybridized carbons (Fsp3) is 0.273. The summed E-state index contributed by atoms with van der Waals surface area (Å²) in [4.78, 5) is 14.8. The van der Waals surface area contributed by atoms with E-state index in [9.17, 15) is 4.79 Å². The van der Waals surface area contributed by atoms with E-state index in [1.165, 1.54) is 0 Å². The van der Waals surface area contributed by atoms with E-state index in [0.717, 1.165) is 22.7 Å². The van der Waals surface area contributed by atoms with Crippen LogP contribution in [0.5, 0.6) is 5.75 Å². The van der Waals surface area contributed by atoms with E-state index in [2.05, 4.69) is 5.32 Å². The van der Waals surface area contributed by atoms with Crippen LogP contribution in [0.15, 0.2) is 65.9 Å². The minimum Gasteiger partial charge on any atom is -0.497 e. The molecule has 0 saturated heterocycles. The first-order chi connectivity index (χ1) is 14.1. The molecule has 0 unspecified atom stereocenters. The van der Waals surface area contributed by atoms with Gasteiger partial charge < -0.3 is 19.5 Å². The van der Waals surface area contributed by atoms with Crippen molar-refractivity contribution >= 4 is 29.0 Å². The number of benzene rings is 2. The molecule has 1 aliphatic heterocycles. The molecule has 3 rings (SSSR count). The number of esters is 1. The quantitative estimate of drug-likeness (QED) is 0.424. The van der Waals surface area contributed by atoms with Gasteiger partial charge in [-0.05, 0) is 49.0 Å². The Morgan fingerprint density at radius 1 is 1.07 bits per heavy atom. The van der Waals surface area contributed by atoms with Gasteiger partial charge in [0.25, 0.3) is 0 Å². The van der Waals surface area contributed by atoms with Crippen molar-refractivity contribution in [3.63, 3.8) is 0 Å². The molecule has 0 radical (unpaired) electrons. The molecule has 0 fully saturated rings. The largest absolute Gasteiger partial charge is 0.497 e. The second-order valence-corrected chi connectivity index (χ2v) is 6.84. The minimum atomic E-state index is -0.401. The highest BCUT2D eigenvalue weighted by molar-refractivity contribution is 7.80. The van der Waals surface area contributed by atoms with Gasteiger partial charge >= 0.3 is 5.97 Å². The van der Waals surface area contributed by atoms with E-state index in [1.807, 2.05) is 66.4 Å². The summed E-state index contributed by atoms with van der Waals surface area (Å²) in [6, 6.07) is 16.8. The Hall–Kier alpha value is -2.90. The molecule has 0 aromatic heterocycles. The Morgan fingerprint density at radius 3 is 2.38 bits per heavy atom. The summed E-state index contributed by atoms with van der Waals surface area (Å²) in [5.74, 6) is 0.342. The van der Waals surface area contributed by atoms with Crippen molar-refractivity contribution in [3.8, 4) is 5.75 Å². The van der Waals surface area contributed by atoms with Gasteiger partial charge in [-0.2, -0.15) is 0 Å². The molecular formula is C22H24N2O4S. The monoisotopic (exact) mass is 412 g/mol. The van der Waals surface area contributed by atoms with Crippen molar-refractivity contribution in [1.82, 2.24) is 5.32 Å². The summed E-state index contributed by atoms with van der Waals surface area (Å²) >= 11 is 5.65. The number of thiocarbonyl (C=S) groups is 1. The van der Waals surface area contributed by atoms with Gasteiger partial charge in [0.05, 0.1) is 25.3 Å². The van der Waals surface area contributed by atoms with Crippen LogP contribution in [0, 0.1) is 0 Å². The number of allylic oxidation sites excluding steroid dienone is 1. The number of hydrogen-bond acceptors (Lipinski definition) is 5. The Kier molecular flexibility index (Phi) is 6.85. The molecule has 0 aliphatic carbocycles. The number of hydrogen-bond donors (Lipinski definition) is 1. The summed E-state index contributed by atoms with van der Waals surface area (Å²) in [5.41, 5.74) is 2.99. The molecule has 0 saturated carbocycles. The number of nitrogens with one attached hydrogen (secondary N) is 1. The molecule has 2 aromatic carbocycles. The first kappa shape index (κ1) is 20.8. The van der Waals surface area contributed by atoms with E-state index >= 15 is 0 Å². The fourth-order valence-corrected chi connectivity index (χ4v) is 3.60. The van der Waals surface area contributed by atoms with Crippen LogP contribution in [-0.4, -0.2) is 38.5 Å². The predicted molar refractivity (Wildman–Crippen MR) is 116 cm³/mol. The Balaban J connectivity index is 2.03. The van der Waals surface area contributed by atoms with Gasteiger partial charge in [0.1, 0.15) is 12.4 Å². The fourth-order valence-electron chi connectivity index (χ4n) is 3.24. The molecule has 0 bridgehead atoms. The Morgan fingerprint density at radius 2 is 1.76 bits per heavy atom. The van der Waals surface area contributed by atoms with Crippen molar-refractivity contribution in [2.75, 3.05) is 32.3 Å². The van der Waals surface area contributed by atoms with Gasteiger partial charge in [0.15, 0.2) is 5.11 Å². The second-order valence-electron chi connectivity index (χ2n) is 6.45. The second kappa shape index (κ2) is 9.54. The van der Waals surface area contributed by atoms with Crippen molar-refractivity contribution in [2.24, 2.45) is 0 Å². The number of anilines is 1. The van der Waals surface area contributed by atoms with Crippen LogP contribution in [0.4, 0.5) is 5.69 Å². The summed E-state index contributed by atoms with van der Waals surface area (Å²) in [7, 11) is 3.18. The van der Waals surface area contributed by atoms with Gasteiger partial charge in [-0.15, -0.1) is 0 Å². The highest BCUT2D eigenvalue weighted by atomic mass is 32.1. The van der Waals surface area contributed by atoms with Crippen molar-refractivity contribution < 1.29 is 19.0 Å². The highest BCUT2D eigenvalue weighted by Crippen LogP contribution is 2.34. The third-order valence-corrected chi connectivity index (χ3v) is 4.99. The zero-order valence-electron chi connectivity index (χ0n) is 16.7. The third kappa shape index (κ3) is 4.58. The average molecular weight is 413 g/mol. The standard InChI is InChI=1S/C22H24N2O4S/c1-15-19(21(25)28-14-13-26-2)20(16-7-5-4-6-8-16)23-22(29)24(15)17-9-11-18(27-3)12-10-17/h4-12,20H,13-14H2,1-3H3,(H,23,29)/t20-/m0/s1. The lowest BCUT2D eigenvalue weighted by atomic mass is 9.95. The molecule has 0 spiro atoms. The highest BCUT2D eigenvalue weighted by Gasteiger charge is 2.35. The van der Waals surface area contributed by atoms with Gasteiger partial charge in [0, 0.05) is 18.5 Å². The van der Waals surface area contributed by atoms with Crippen molar-refractivity contribution in [1.29, 1.82) is 0 Å². The van der Waals surface area contributed by atoms with E-state index < -0.39 is 12.0 Å². The average Bonchev–Trinajstić information content (AvgIpc) is 2.74. The van der Waals surface area contributed by atoms with Gasteiger partial charge in [-0.3, -0.25) is 4.90 Å². The molecule has 6 nitrogen and oxygen atoms in total. The molecule has 1 heterocycles. The van der Waals surface area contributed by atoms with Crippen LogP contribution in [0.3, 0.4) is 0 Å². The van der Waals surface area contributed by atoms with Crippen LogP contribution in [0.1, 0.15) is 18.5 Å². The SMILES string of the molecule is COCCOC(=O)C1=C(C)N(c2ccc(OC)cc2)C(=S)N[C@H]1c1ccccc1. The lowest BCUT2D eigenvalue weighted by Crippen LogP contribution is -2.48. The molecule has 152 valence electrons. The maximum atomic E-state index is 13.0. The molecule has 0 amide bonds. The number of ether oxygens (including phenoxy) is 3. The molecular weight excluding hydrogens is 388 g/mol. The Labute approximate surface area is 176 Å². The maximum Gasteiger partial charge on any atom is 0.338 e. The molecule has 1 atom stereocenters. The third-order valence-electron chi connectivity index (χ3n) is 4.69. The van der Waals surface area contributed by atoms with Crippen LogP contribution >= 0.6 is 12.2 Å². The summed E-state index contributed by atoms with van der Waals surface area (Å²) < 4.78 is 15.7. The lowest BCUT2D eigenvalue weighted by Gasteiger charge is -2.37. The smallest absolute Gasteiger partial charge is 0.338 e. The molecule has 29 heavy (non-hydrogen) atoms. The number of nitrogens with zero attached hydrogens (tertiary/aromatic N) is 1. The maximum absolute atomic E-state index is 13.0. The van der Waals surface area contributed by atoms with Gasteiger partial charge in [-0.25, -0.2) is 4.79 Å². The summed E-state index contributed by atoms with van der Waals surface area (Å²) in [6.07, 6.45) is 0. The zero-order chi connectivity index (χ0) is 20.8. The summed E-state index contributed by atoms with van der Waals surface area (Å²) in [5, 5.41) is 3.81. The van der Waals surface area contributed by atoms with Crippen LogP contribution < -0.4 is 15.0 Å². The van der Waals surface area contributed by atoms with Crippen LogP contribution in [0.2, 0.25) is 0 Å². The van der Waals surface area contributed by atoms with Crippen LogP contribution in [-0.2, 0) is 14.3 Å². The topological polar surface area (TPSA) is 60.0 Å². The van der Waals surface area contributed by atoms with Crippen LogP contribution in [0.25, 0.3) is 0 Å². The molecule has 7 heteroatoms. The van der Waals surface area contributed by atoms with E-state index in [4.69, 9.17) is 26.4 Å². The Bertz CT molecular complexity index is 897. The van der Waals surface area contributed by atoms with Gasteiger partial charge in [0.2, 0.25) is 0 Å². The lowest BCUT2D eigenvalue weighted by molar-refractivity contribution is -0.140. The number of carbonyl (C=O) groups excluding carboxylic acids is 1. The molecule has 1 N–H and O–H groups in total. The van der Waals surface area contributed by atoms with E-state index in [1.54, 1.807) is 14.2 Å². The number of carbonyl (C=O) groups is 1. The van der Waals surface area contributed by atoms with Crippen molar-refractivity contribution in [3.05, 3.63) is 71.4 Å². The van der Waals surface area contributed by atoms with E-state index in [-0.39, 0.29) is 6.61 Å². The minimum absolute atomic E-state index is 0.181. The predicted octanol–water partition coefficient (Wildman–Crippen LogP) is 3.59.